The van der Waals surface area contributed by atoms with Crippen LogP contribution in [0.3, 0.4) is 0 Å². The molecule has 3 heterocycles. The Balaban J connectivity index is 1.22. The molecule has 4 aromatic rings. The second-order valence-corrected chi connectivity index (χ2v) is 7.86. The number of anilines is 2. The number of nitrogens with zero attached hydrogens (tertiary/aromatic N) is 3. The van der Waals surface area contributed by atoms with Gasteiger partial charge in [-0.1, -0.05) is 24.3 Å². The number of rotatable bonds is 6. The summed E-state index contributed by atoms with van der Waals surface area (Å²) in [6, 6.07) is 18.9. The van der Waals surface area contributed by atoms with E-state index in [4.69, 9.17) is 4.74 Å². The van der Waals surface area contributed by atoms with Crippen molar-refractivity contribution in [2.75, 3.05) is 16.8 Å². The Morgan fingerprint density at radius 3 is 2.82 bits per heavy atom. The predicted octanol–water partition coefficient (Wildman–Crippen LogP) is 4.04. The fraction of sp³-hybridized carbons (Fsp3) is 0.160. The van der Waals surface area contributed by atoms with Crippen molar-refractivity contribution in [1.82, 2.24) is 9.38 Å². The lowest BCUT2D eigenvalue weighted by Gasteiger charge is -2.17. The van der Waals surface area contributed by atoms with E-state index >= 15 is 0 Å². The first kappa shape index (κ1) is 20.7. The van der Waals surface area contributed by atoms with Gasteiger partial charge < -0.3 is 19.4 Å². The minimum absolute atomic E-state index is 0.0320. The van der Waals surface area contributed by atoms with Crippen molar-refractivity contribution in [2.24, 2.45) is 5.92 Å². The largest absolute Gasteiger partial charge is 0.487 e. The van der Waals surface area contributed by atoms with E-state index in [1.54, 1.807) is 36.4 Å². The van der Waals surface area contributed by atoms with Crippen LogP contribution < -0.4 is 15.0 Å². The Kier molecular flexibility index (Phi) is 5.48. The molecule has 2 aromatic heterocycles. The molecule has 1 saturated heterocycles. The van der Waals surface area contributed by atoms with Crippen molar-refractivity contribution in [3.63, 3.8) is 0 Å². The molecule has 1 N–H and O–H groups in total. The van der Waals surface area contributed by atoms with Crippen LogP contribution in [-0.4, -0.2) is 27.7 Å². The van der Waals surface area contributed by atoms with Gasteiger partial charge in [-0.15, -0.1) is 0 Å². The summed E-state index contributed by atoms with van der Waals surface area (Å²) in [5, 5.41) is 2.84. The number of carbonyl (C=O) groups is 2. The molecule has 1 fully saturated rings. The van der Waals surface area contributed by atoms with Crippen LogP contribution in [0.2, 0.25) is 0 Å². The van der Waals surface area contributed by atoms with Crippen LogP contribution in [0.25, 0.3) is 5.65 Å². The fourth-order valence-electron chi connectivity index (χ4n) is 3.91. The van der Waals surface area contributed by atoms with Crippen LogP contribution >= 0.6 is 0 Å². The summed E-state index contributed by atoms with van der Waals surface area (Å²) < 4.78 is 21.8. The van der Waals surface area contributed by atoms with Crippen molar-refractivity contribution >= 4 is 28.8 Å². The van der Waals surface area contributed by atoms with Gasteiger partial charge in [-0.2, -0.15) is 0 Å². The zero-order valence-electron chi connectivity index (χ0n) is 17.6. The zero-order valence-corrected chi connectivity index (χ0v) is 17.6. The lowest BCUT2D eigenvalue weighted by atomic mass is 10.1. The normalized spacial score (nSPS) is 15.7. The molecule has 33 heavy (non-hydrogen) atoms. The number of amides is 2. The monoisotopic (exact) mass is 444 g/mol. The number of benzene rings is 2. The second-order valence-electron chi connectivity index (χ2n) is 7.86. The molecule has 7 nitrogen and oxygen atoms in total. The maximum absolute atomic E-state index is 14.1. The third kappa shape index (κ3) is 4.41. The van der Waals surface area contributed by atoms with Crippen LogP contribution in [0.15, 0.2) is 79.1 Å². The van der Waals surface area contributed by atoms with E-state index in [0.717, 1.165) is 11.3 Å². The first-order valence-electron chi connectivity index (χ1n) is 10.6. The first-order chi connectivity index (χ1) is 16.1. The zero-order chi connectivity index (χ0) is 22.8. The highest BCUT2D eigenvalue weighted by Crippen LogP contribution is 2.28. The second kappa shape index (κ2) is 8.74. The van der Waals surface area contributed by atoms with Crippen LogP contribution in [0.5, 0.6) is 5.75 Å². The molecule has 8 heteroatoms. The number of hydrogen-bond donors (Lipinski definition) is 1. The molecule has 1 aliphatic heterocycles. The minimum Gasteiger partial charge on any atom is -0.487 e. The lowest BCUT2D eigenvalue weighted by molar-refractivity contribution is -0.122. The van der Waals surface area contributed by atoms with Gasteiger partial charge >= 0.3 is 0 Å². The molecule has 5 rings (SSSR count). The Bertz CT molecular complexity index is 1300. The predicted molar refractivity (Wildman–Crippen MR) is 121 cm³/mol. The average molecular weight is 444 g/mol. The van der Waals surface area contributed by atoms with Gasteiger partial charge in [-0.25, -0.2) is 9.37 Å². The van der Waals surface area contributed by atoms with Crippen LogP contribution in [-0.2, 0) is 16.2 Å². The molecule has 1 unspecified atom stereocenters. The number of imidazole rings is 1. The summed E-state index contributed by atoms with van der Waals surface area (Å²) in [6.07, 6.45) is 3.85. The van der Waals surface area contributed by atoms with Crippen molar-refractivity contribution in [1.29, 1.82) is 0 Å². The number of fused-ring (bicyclic) bond motifs is 1. The number of aromatic nitrogens is 2. The third-order valence-corrected chi connectivity index (χ3v) is 5.54. The molecule has 0 spiro atoms. The summed E-state index contributed by atoms with van der Waals surface area (Å²) >= 11 is 0. The summed E-state index contributed by atoms with van der Waals surface area (Å²) in [5.74, 6) is -1.04. The topological polar surface area (TPSA) is 75.9 Å². The highest BCUT2D eigenvalue weighted by molar-refractivity contribution is 6.03. The van der Waals surface area contributed by atoms with E-state index in [1.165, 1.54) is 17.0 Å². The number of nitrogens with one attached hydrogen (secondary N) is 1. The fourth-order valence-corrected chi connectivity index (χ4v) is 3.91. The van der Waals surface area contributed by atoms with Gasteiger partial charge in [0.25, 0.3) is 0 Å². The highest BCUT2D eigenvalue weighted by atomic mass is 19.1. The van der Waals surface area contributed by atoms with E-state index in [1.807, 2.05) is 35.0 Å². The van der Waals surface area contributed by atoms with Crippen molar-refractivity contribution in [2.45, 2.75) is 13.0 Å². The van der Waals surface area contributed by atoms with E-state index in [0.29, 0.717) is 11.4 Å². The van der Waals surface area contributed by atoms with Gasteiger partial charge in [0.15, 0.2) is 0 Å². The molecular weight excluding hydrogens is 423 g/mol. The number of carbonyl (C=O) groups excluding carboxylic acids is 2. The SMILES string of the molecule is O=C(Nc1cccc(OCc2cn3ccccc3n2)c1)C1CC(=O)N(c2ccccc2F)C1. The summed E-state index contributed by atoms with van der Waals surface area (Å²) in [5.41, 5.74) is 2.38. The smallest absolute Gasteiger partial charge is 0.229 e. The molecule has 1 aliphatic rings. The molecule has 1 atom stereocenters. The van der Waals surface area contributed by atoms with E-state index in [9.17, 15) is 14.0 Å². The number of pyridine rings is 1. The Morgan fingerprint density at radius 2 is 1.97 bits per heavy atom. The molecule has 0 saturated carbocycles. The van der Waals surface area contributed by atoms with E-state index in [2.05, 4.69) is 10.3 Å². The maximum Gasteiger partial charge on any atom is 0.229 e. The van der Waals surface area contributed by atoms with Gasteiger partial charge in [0, 0.05) is 37.1 Å². The molecule has 166 valence electrons. The van der Waals surface area contributed by atoms with Crippen molar-refractivity contribution < 1.29 is 18.7 Å². The number of halogens is 1. The molecule has 2 aromatic carbocycles. The number of para-hydroxylation sites is 1. The molecular formula is C25H21FN4O3. The standard InChI is InChI=1S/C25H21FN4O3/c26-21-8-1-2-9-22(21)30-14-17(12-24(30)31)25(32)28-18-6-5-7-20(13-18)33-16-19-15-29-11-4-3-10-23(29)27-19/h1-11,13,15,17H,12,14,16H2,(H,28,32). The van der Waals surface area contributed by atoms with Crippen LogP contribution in [0.1, 0.15) is 12.1 Å². The highest BCUT2D eigenvalue weighted by Gasteiger charge is 2.36. The average Bonchev–Trinajstić information content (AvgIpc) is 3.41. The lowest BCUT2D eigenvalue weighted by Crippen LogP contribution is -2.28. The van der Waals surface area contributed by atoms with Gasteiger partial charge in [-0.05, 0) is 36.4 Å². The van der Waals surface area contributed by atoms with E-state index in [-0.39, 0.29) is 37.1 Å². The van der Waals surface area contributed by atoms with Gasteiger partial charge in [-0.3, -0.25) is 9.59 Å². The van der Waals surface area contributed by atoms with Crippen LogP contribution in [0.4, 0.5) is 15.8 Å². The molecule has 0 radical (unpaired) electrons. The third-order valence-electron chi connectivity index (χ3n) is 5.54. The molecule has 0 aliphatic carbocycles. The Labute approximate surface area is 189 Å². The summed E-state index contributed by atoms with van der Waals surface area (Å²) in [4.78, 5) is 31.0. The number of ether oxygens (including phenoxy) is 1. The van der Waals surface area contributed by atoms with Gasteiger partial charge in [0.1, 0.15) is 23.8 Å². The first-order valence-corrected chi connectivity index (χ1v) is 10.6. The van der Waals surface area contributed by atoms with E-state index < -0.39 is 11.7 Å². The van der Waals surface area contributed by atoms with Gasteiger partial charge in [0.2, 0.25) is 11.8 Å². The number of hydrogen-bond acceptors (Lipinski definition) is 4. The molecule has 0 bridgehead atoms. The molecule has 2 amide bonds. The van der Waals surface area contributed by atoms with Crippen molar-refractivity contribution in [3.8, 4) is 5.75 Å². The van der Waals surface area contributed by atoms with Crippen LogP contribution in [0, 0.1) is 11.7 Å². The maximum atomic E-state index is 14.1. The quantitative estimate of drug-likeness (QED) is 0.487. The summed E-state index contributed by atoms with van der Waals surface area (Å²) in [7, 11) is 0. The minimum atomic E-state index is -0.570. The van der Waals surface area contributed by atoms with Crippen molar-refractivity contribution in [3.05, 3.63) is 90.6 Å². The Hall–Kier alpha value is -4.20. The van der Waals surface area contributed by atoms with Gasteiger partial charge in [0.05, 0.1) is 17.3 Å². The Morgan fingerprint density at radius 1 is 1.12 bits per heavy atom. The summed E-state index contributed by atoms with van der Waals surface area (Å²) in [6.45, 7) is 0.420.